The summed E-state index contributed by atoms with van der Waals surface area (Å²) in [7, 11) is 0. The topological polar surface area (TPSA) is 80.3 Å². The highest BCUT2D eigenvalue weighted by Gasteiger charge is 2.34. The summed E-state index contributed by atoms with van der Waals surface area (Å²) in [5, 5.41) is 6.92. The summed E-state index contributed by atoms with van der Waals surface area (Å²) < 4.78 is 45.9. The van der Waals surface area contributed by atoms with Gasteiger partial charge in [0.25, 0.3) is 0 Å². The smallest absolute Gasteiger partial charge is 0.418 e. The van der Waals surface area contributed by atoms with Crippen LogP contribution in [0.4, 0.5) is 24.5 Å². The van der Waals surface area contributed by atoms with Crippen LogP contribution in [-0.4, -0.2) is 23.4 Å². The first-order chi connectivity index (χ1) is 15.2. The zero-order chi connectivity index (χ0) is 23.3. The molecule has 32 heavy (non-hydrogen) atoms. The first-order valence-electron chi connectivity index (χ1n) is 9.62. The van der Waals surface area contributed by atoms with E-state index >= 15 is 0 Å². The van der Waals surface area contributed by atoms with Crippen molar-refractivity contribution in [1.82, 2.24) is 4.98 Å². The first-order valence-corrected chi connectivity index (χ1v) is 10.5. The average Bonchev–Trinajstić information content (AvgIpc) is 3.16. The molecule has 6 nitrogen and oxygen atoms in total. The molecular weight excluding hydrogens is 443 g/mol. The molecule has 0 saturated carbocycles. The number of hydrogen-bond acceptors (Lipinski definition) is 5. The monoisotopic (exact) mass is 463 g/mol. The number of benzene rings is 2. The van der Waals surface area contributed by atoms with E-state index in [-0.39, 0.29) is 12.1 Å². The molecule has 0 bridgehead atoms. The van der Waals surface area contributed by atoms with Gasteiger partial charge in [0, 0.05) is 18.0 Å². The third-order valence-electron chi connectivity index (χ3n) is 4.23. The summed E-state index contributed by atoms with van der Waals surface area (Å²) in [4.78, 5) is 28.0. The summed E-state index contributed by atoms with van der Waals surface area (Å²) in [6.07, 6.45) is -4.91. The number of para-hydroxylation sites is 1. The lowest BCUT2D eigenvalue weighted by Gasteiger charge is -2.15. The van der Waals surface area contributed by atoms with Crippen molar-refractivity contribution in [2.75, 3.05) is 17.2 Å². The summed E-state index contributed by atoms with van der Waals surface area (Å²) in [6, 6.07) is 10.5. The van der Waals surface area contributed by atoms with Crippen LogP contribution < -0.4 is 15.4 Å². The number of halogens is 3. The molecule has 0 aliphatic carbocycles. The minimum absolute atomic E-state index is 0.0140. The molecule has 0 aliphatic heterocycles. The van der Waals surface area contributed by atoms with Crippen molar-refractivity contribution >= 4 is 34.5 Å². The normalized spacial score (nSPS) is 11.2. The van der Waals surface area contributed by atoms with Gasteiger partial charge >= 0.3 is 6.18 Å². The number of carbonyl (C=O) groups is 2. The fraction of sp³-hybridized carbons (Fsp3) is 0.227. The highest BCUT2D eigenvalue weighted by Crippen LogP contribution is 2.37. The van der Waals surface area contributed by atoms with Crippen LogP contribution in [0.5, 0.6) is 5.75 Å². The van der Waals surface area contributed by atoms with E-state index in [1.807, 2.05) is 31.2 Å². The maximum atomic E-state index is 13.4. The second kappa shape index (κ2) is 9.82. The van der Waals surface area contributed by atoms with E-state index in [1.54, 1.807) is 5.38 Å². The van der Waals surface area contributed by atoms with Crippen molar-refractivity contribution in [1.29, 1.82) is 0 Å². The number of carbonyl (C=O) groups excluding carboxylic acids is 2. The zero-order valence-corrected chi connectivity index (χ0v) is 18.1. The van der Waals surface area contributed by atoms with Crippen molar-refractivity contribution in [2.45, 2.75) is 26.4 Å². The number of ether oxygens (including phenoxy) is 1. The number of rotatable bonds is 7. The van der Waals surface area contributed by atoms with E-state index in [4.69, 9.17) is 4.74 Å². The fourth-order valence-corrected chi connectivity index (χ4v) is 3.81. The lowest BCUT2D eigenvalue weighted by atomic mass is 10.1. The van der Waals surface area contributed by atoms with E-state index in [9.17, 15) is 22.8 Å². The number of thiazole rings is 1. The molecule has 2 aromatic carbocycles. The molecule has 10 heteroatoms. The summed E-state index contributed by atoms with van der Waals surface area (Å²) >= 11 is 1.31. The van der Waals surface area contributed by atoms with Gasteiger partial charge in [0.05, 0.1) is 35.5 Å². The minimum Gasteiger partial charge on any atom is -0.493 e. The molecule has 168 valence electrons. The standard InChI is InChI=1S/C22H20F3N3O3S/c1-3-31-19-7-5-4-6-16(19)21-27-15(12-32-21)11-20(30)28-18-9-8-14(26-13(2)29)10-17(18)22(23,24)25/h4-10,12H,3,11H2,1-2H3,(H,26,29)(H,28,30). The van der Waals surface area contributed by atoms with Gasteiger partial charge in [0.1, 0.15) is 10.8 Å². The Labute approximate surface area is 186 Å². The van der Waals surface area contributed by atoms with E-state index in [1.165, 1.54) is 24.3 Å². The number of anilines is 2. The van der Waals surface area contributed by atoms with Crippen LogP contribution >= 0.6 is 11.3 Å². The van der Waals surface area contributed by atoms with Crippen molar-refractivity contribution in [2.24, 2.45) is 0 Å². The number of aromatic nitrogens is 1. The molecule has 2 N–H and O–H groups in total. The third kappa shape index (κ3) is 5.85. The number of amides is 2. The fourth-order valence-electron chi connectivity index (χ4n) is 2.96. The number of nitrogens with one attached hydrogen (secondary N) is 2. The number of alkyl halides is 3. The van der Waals surface area contributed by atoms with Crippen molar-refractivity contribution < 1.29 is 27.5 Å². The van der Waals surface area contributed by atoms with Gasteiger partial charge < -0.3 is 15.4 Å². The SMILES string of the molecule is CCOc1ccccc1-c1nc(CC(=O)Nc2ccc(NC(C)=O)cc2C(F)(F)F)cs1. The van der Waals surface area contributed by atoms with Gasteiger partial charge in [0.15, 0.2) is 0 Å². The van der Waals surface area contributed by atoms with Crippen molar-refractivity contribution in [3.05, 3.63) is 59.1 Å². The number of hydrogen-bond donors (Lipinski definition) is 2. The van der Waals surface area contributed by atoms with Crippen LogP contribution in [0.3, 0.4) is 0 Å². The average molecular weight is 463 g/mol. The van der Waals surface area contributed by atoms with Crippen LogP contribution in [0.2, 0.25) is 0 Å². The maximum Gasteiger partial charge on any atom is 0.418 e. The van der Waals surface area contributed by atoms with Gasteiger partial charge in [0.2, 0.25) is 11.8 Å². The molecule has 0 spiro atoms. The van der Waals surface area contributed by atoms with Crippen LogP contribution in [0, 0.1) is 0 Å². The second-order valence-electron chi connectivity index (χ2n) is 6.74. The molecule has 0 radical (unpaired) electrons. The lowest BCUT2D eigenvalue weighted by Crippen LogP contribution is -2.19. The highest BCUT2D eigenvalue weighted by molar-refractivity contribution is 7.13. The largest absolute Gasteiger partial charge is 0.493 e. The molecule has 2 amide bonds. The van der Waals surface area contributed by atoms with Crippen LogP contribution in [0.15, 0.2) is 47.8 Å². The summed E-state index contributed by atoms with van der Waals surface area (Å²) in [5.41, 5.74) is -0.258. The Balaban J connectivity index is 1.76. The Bertz CT molecular complexity index is 1130. The predicted molar refractivity (Wildman–Crippen MR) is 117 cm³/mol. The predicted octanol–water partition coefficient (Wildman–Crippen LogP) is 5.37. The van der Waals surface area contributed by atoms with Crippen molar-refractivity contribution in [3.63, 3.8) is 0 Å². The van der Waals surface area contributed by atoms with Gasteiger partial charge in [-0.3, -0.25) is 9.59 Å². The van der Waals surface area contributed by atoms with Crippen molar-refractivity contribution in [3.8, 4) is 16.3 Å². The van der Waals surface area contributed by atoms with Gasteiger partial charge in [-0.15, -0.1) is 11.3 Å². The zero-order valence-electron chi connectivity index (χ0n) is 17.2. The molecule has 3 aromatic rings. The Morgan fingerprint density at radius 1 is 1.12 bits per heavy atom. The Morgan fingerprint density at radius 2 is 1.88 bits per heavy atom. The summed E-state index contributed by atoms with van der Waals surface area (Å²) in [5.74, 6) is -0.479. The molecular formula is C22H20F3N3O3S. The van der Waals surface area contributed by atoms with E-state index in [0.29, 0.717) is 23.1 Å². The highest BCUT2D eigenvalue weighted by atomic mass is 32.1. The van der Waals surface area contributed by atoms with Gasteiger partial charge in [-0.1, -0.05) is 12.1 Å². The third-order valence-corrected chi connectivity index (χ3v) is 5.15. The van der Waals surface area contributed by atoms with Gasteiger partial charge in [-0.05, 0) is 37.3 Å². The Hall–Kier alpha value is -3.40. The lowest BCUT2D eigenvalue weighted by molar-refractivity contribution is -0.137. The van der Waals surface area contributed by atoms with Crippen LogP contribution in [-0.2, 0) is 22.2 Å². The molecule has 0 fully saturated rings. The quantitative estimate of drug-likeness (QED) is 0.494. The molecule has 0 saturated heterocycles. The molecule has 0 unspecified atom stereocenters. The molecule has 0 aliphatic rings. The van der Waals surface area contributed by atoms with E-state index in [2.05, 4.69) is 15.6 Å². The van der Waals surface area contributed by atoms with Crippen LogP contribution in [0.25, 0.3) is 10.6 Å². The minimum atomic E-state index is -4.71. The second-order valence-corrected chi connectivity index (χ2v) is 7.60. The summed E-state index contributed by atoms with van der Waals surface area (Å²) in [6.45, 7) is 3.55. The number of nitrogens with zero attached hydrogens (tertiary/aromatic N) is 1. The van der Waals surface area contributed by atoms with Gasteiger partial charge in [-0.2, -0.15) is 13.2 Å². The molecule has 1 heterocycles. The molecule has 1 aromatic heterocycles. The maximum absolute atomic E-state index is 13.4. The Kier molecular flexibility index (Phi) is 7.14. The van der Waals surface area contributed by atoms with E-state index in [0.717, 1.165) is 17.7 Å². The molecule has 0 atom stereocenters. The van der Waals surface area contributed by atoms with Crippen LogP contribution in [0.1, 0.15) is 25.1 Å². The molecule has 3 rings (SSSR count). The van der Waals surface area contributed by atoms with Gasteiger partial charge in [-0.25, -0.2) is 4.98 Å². The Morgan fingerprint density at radius 3 is 2.56 bits per heavy atom. The first kappa shape index (κ1) is 23.3. The van der Waals surface area contributed by atoms with E-state index < -0.39 is 29.2 Å².